The second kappa shape index (κ2) is 6.08. The summed E-state index contributed by atoms with van der Waals surface area (Å²) < 4.78 is 1.54. The van der Waals surface area contributed by atoms with Gasteiger partial charge in [0, 0.05) is 11.9 Å². The molecule has 0 aliphatic carbocycles. The van der Waals surface area contributed by atoms with Gasteiger partial charge in [-0.3, -0.25) is 14.9 Å². The molecule has 0 saturated carbocycles. The molecule has 3 aromatic rings. The SMILES string of the molecule is Cc1cc(C)cc(N=Cc2c(C)[nH]n(-c3ccccc3)c2=O)c1. The van der Waals surface area contributed by atoms with Crippen molar-refractivity contribution in [3.63, 3.8) is 0 Å². The molecule has 0 aliphatic rings. The molecule has 0 fully saturated rings. The van der Waals surface area contributed by atoms with Gasteiger partial charge in [0.2, 0.25) is 0 Å². The van der Waals surface area contributed by atoms with Crippen molar-refractivity contribution in [1.82, 2.24) is 9.78 Å². The van der Waals surface area contributed by atoms with Gasteiger partial charge in [-0.05, 0) is 56.2 Å². The molecular formula is C19H19N3O. The van der Waals surface area contributed by atoms with Crippen LogP contribution in [0.5, 0.6) is 0 Å². The highest BCUT2D eigenvalue weighted by Gasteiger charge is 2.10. The van der Waals surface area contributed by atoms with Crippen LogP contribution in [0.4, 0.5) is 5.69 Å². The Morgan fingerprint density at radius 1 is 1.00 bits per heavy atom. The Morgan fingerprint density at radius 2 is 1.65 bits per heavy atom. The van der Waals surface area contributed by atoms with Crippen molar-refractivity contribution in [3.05, 3.63) is 81.3 Å². The molecule has 0 saturated heterocycles. The molecule has 1 aromatic heterocycles. The van der Waals surface area contributed by atoms with Gasteiger partial charge < -0.3 is 0 Å². The van der Waals surface area contributed by atoms with Gasteiger partial charge in [0.1, 0.15) is 0 Å². The van der Waals surface area contributed by atoms with Crippen LogP contribution in [0.2, 0.25) is 0 Å². The molecule has 1 N–H and O–H groups in total. The van der Waals surface area contributed by atoms with Crippen LogP contribution in [0.3, 0.4) is 0 Å². The highest BCUT2D eigenvalue weighted by atomic mass is 16.1. The number of hydrogen-bond acceptors (Lipinski definition) is 2. The fraction of sp³-hybridized carbons (Fsp3) is 0.158. The summed E-state index contributed by atoms with van der Waals surface area (Å²) in [5.74, 6) is 0. The van der Waals surface area contributed by atoms with E-state index in [1.54, 1.807) is 6.21 Å². The molecule has 0 bridgehead atoms. The summed E-state index contributed by atoms with van der Waals surface area (Å²) in [6.45, 7) is 5.95. The largest absolute Gasteiger partial charge is 0.295 e. The van der Waals surface area contributed by atoms with Crippen LogP contribution in [0.25, 0.3) is 5.69 Å². The fourth-order valence-corrected chi connectivity index (χ4v) is 2.63. The standard InChI is InChI=1S/C19H19N3O/c1-13-9-14(2)11-16(10-13)20-12-18-15(3)21-22(19(18)23)17-7-5-4-6-8-17/h4-12,21H,1-3H3. The maximum atomic E-state index is 12.6. The number of aromatic nitrogens is 2. The average molecular weight is 305 g/mol. The van der Waals surface area contributed by atoms with Crippen LogP contribution >= 0.6 is 0 Å². The summed E-state index contributed by atoms with van der Waals surface area (Å²) in [6.07, 6.45) is 1.64. The van der Waals surface area contributed by atoms with Gasteiger partial charge in [-0.15, -0.1) is 0 Å². The second-order valence-electron chi connectivity index (χ2n) is 5.73. The summed E-state index contributed by atoms with van der Waals surface area (Å²) in [5.41, 5.74) is 5.26. The predicted octanol–water partition coefficient (Wildman–Crippen LogP) is 3.84. The molecule has 3 rings (SSSR count). The Hall–Kier alpha value is -2.88. The highest BCUT2D eigenvalue weighted by Crippen LogP contribution is 2.17. The second-order valence-corrected chi connectivity index (χ2v) is 5.73. The van der Waals surface area contributed by atoms with Crippen LogP contribution in [0.15, 0.2) is 58.3 Å². The van der Waals surface area contributed by atoms with Gasteiger partial charge in [0.15, 0.2) is 0 Å². The monoisotopic (exact) mass is 305 g/mol. The number of para-hydroxylation sites is 1. The number of H-pyrrole nitrogens is 1. The molecule has 0 unspecified atom stereocenters. The third-order valence-electron chi connectivity index (χ3n) is 3.68. The molecule has 0 radical (unpaired) electrons. The highest BCUT2D eigenvalue weighted by molar-refractivity contribution is 5.83. The number of aromatic amines is 1. The summed E-state index contributed by atoms with van der Waals surface area (Å²) in [7, 11) is 0. The smallest absolute Gasteiger partial charge is 0.280 e. The van der Waals surface area contributed by atoms with E-state index in [2.05, 4.69) is 16.2 Å². The van der Waals surface area contributed by atoms with Crippen LogP contribution in [0.1, 0.15) is 22.4 Å². The molecule has 1 heterocycles. The van der Waals surface area contributed by atoms with E-state index < -0.39 is 0 Å². The van der Waals surface area contributed by atoms with E-state index >= 15 is 0 Å². The number of benzene rings is 2. The summed E-state index contributed by atoms with van der Waals surface area (Å²) in [4.78, 5) is 17.1. The van der Waals surface area contributed by atoms with Crippen molar-refractivity contribution in [3.8, 4) is 5.69 Å². The summed E-state index contributed by atoms with van der Waals surface area (Å²) in [6, 6.07) is 15.6. The van der Waals surface area contributed by atoms with Crippen molar-refractivity contribution in [2.75, 3.05) is 0 Å². The van der Waals surface area contributed by atoms with Gasteiger partial charge in [-0.2, -0.15) is 0 Å². The van der Waals surface area contributed by atoms with Crippen molar-refractivity contribution < 1.29 is 0 Å². The lowest BCUT2D eigenvalue weighted by Crippen LogP contribution is -2.17. The van der Waals surface area contributed by atoms with E-state index in [1.807, 2.05) is 63.2 Å². The van der Waals surface area contributed by atoms with E-state index in [4.69, 9.17) is 0 Å². The lowest BCUT2D eigenvalue weighted by molar-refractivity contribution is 0.835. The van der Waals surface area contributed by atoms with Crippen LogP contribution < -0.4 is 5.56 Å². The third-order valence-corrected chi connectivity index (χ3v) is 3.68. The lowest BCUT2D eigenvalue weighted by atomic mass is 10.1. The van der Waals surface area contributed by atoms with Crippen LogP contribution in [-0.4, -0.2) is 16.0 Å². The molecule has 4 heteroatoms. The number of nitrogens with zero attached hydrogens (tertiary/aromatic N) is 2. The first-order chi connectivity index (χ1) is 11.0. The first-order valence-corrected chi connectivity index (χ1v) is 7.54. The van der Waals surface area contributed by atoms with E-state index in [9.17, 15) is 4.79 Å². The molecule has 0 aliphatic heterocycles. The lowest BCUT2D eigenvalue weighted by Gasteiger charge is -1.99. The normalized spacial score (nSPS) is 11.3. The summed E-state index contributed by atoms with van der Waals surface area (Å²) in [5, 5.41) is 3.10. The number of nitrogens with one attached hydrogen (secondary N) is 1. The number of rotatable bonds is 3. The van der Waals surface area contributed by atoms with Crippen molar-refractivity contribution >= 4 is 11.9 Å². The number of aryl methyl sites for hydroxylation is 3. The number of hydrogen-bond donors (Lipinski definition) is 1. The van der Waals surface area contributed by atoms with Gasteiger partial charge in [0.05, 0.1) is 16.9 Å². The first-order valence-electron chi connectivity index (χ1n) is 7.54. The van der Waals surface area contributed by atoms with E-state index in [-0.39, 0.29) is 5.56 Å². The molecule has 116 valence electrons. The van der Waals surface area contributed by atoms with E-state index in [1.165, 1.54) is 4.68 Å². The molecule has 0 spiro atoms. The van der Waals surface area contributed by atoms with Gasteiger partial charge in [-0.1, -0.05) is 24.3 Å². The zero-order valence-electron chi connectivity index (χ0n) is 13.5. The average Bonchev–Trinajstić information content (AvgIpc) is 2.80. The minimum atomic E-state index is -0.0955. The van der Waals surface area contributed by atoms with Crippen molar-refractivity contribution in [1.29, 1.82) is 0 Å². The van der Waals surface area contributed by atoms with Crippen LogP contribution in [-0.2, 0) is 0 Å². The summed E-state index contributed by atoms with van der Waals surface area (Å²) >= 11 is 0. The van der Waals surface area contributed by atoms with Gasteiger partial charge in [0.25, 0.3) is 5.56 Å². The Morgan fingerprint density at radius 3 is 2.30 bits per heavy atom. The maximum absolute atomic E-state index is 12.6. The Balaban J connectivity index is 2.00. The van der Waals surface area contributed by atoms with E-state index in [0.29, 0.717) is 5.56 Å². The Bertz CT molecular complexity index is 897. The molecule has 23 heavy (non-hydrogen) atoms. The van der Waals surface area contributed by atoms with Gasteiger partial charge >= 0.3 is 0 Å². The van der Waals surface area contributed by atoms with Gasteiger partial charge in [-0.25, -0.2) is 4.68 Å². The Kier molecular flexibility index (Phi) is 3.98. The number of aliphatic imine (C=N–C) groups is 1. The zero-order chi connectivity index (χ0) is 16.4. The zero-order valence-corrected chi connectivity index (χ0v) is 13.5. The topological polar surface area (TPSA) is 50.1 Å². The minimum absolute atomic E-state index is 0.0955. The van der Waals surface area contributed by atoms with Crippen molar-refractivity contribution in [2.45, 2.75) is 20.8 Å². The molecular weight excluding hydrogens is 286 g/mol. The van der Waals surface area contributed by atoms with Crippen molar-refractivity contribution in [2.24, 2.45) is 4.99 Å². The molecule has 0 atom stereocenters. The third kappa shape index (κ3) is 3.16. The molecule has 2 aromatic carbocycles. The quantitative estimate of drug-likeness (QED) is 0.734. The molecule has 4 nitrogen and oxygen atoms in total. The van der Waals surface area contributed by atoms with E-state index in [0.717, 1.165) is 28.2 Å². The fourth-order valence-electron chi connectivity index (χ4n) is 2.63. The maximum Gasteiger partial charge on any atom is 0.280 e. The predicted molar refractivity (Wildman–Crippen MR) is 94.3 cm³/mol. The minimum Gasteiger partial charge on any atom is -0.295 e. The van der Waals surface area contributed by atoms with Crippen LogP contribution in [0, 0.1) is 20.8 Å². The first kappa shape index (κ1) is 15.0. The Labute approximate surface area is 135 Å². The molecule has 0 amide bonds.